The molecule has 1 fully saturated rings. The highest BCUT2D eigenvalue weighted by Crippen LogP contribution is 2.20. The fourth-order valence-electron chi connectivity index (χ4n) is 2.40. The summed E-state index contributed by atoms with van der Waals surface area (Å²) in [5, 5.41) is 2.79. The number of nitrogens with one attached hydrogen (secondary N) is 1. The Labute approximate surface area is 119 Å². The summed E-state index contributed by atoms with van der Waals surface area (Å²) in [5.74, 6) is 2.26. The number of amides is 1. The molecule has 0 spiro atoms. The maximum absolute atomic E-state index is 13.4. The first-order valence-electron chi connectivity index (χ1n) is 6.83. The van der Waals surface area contributed by atoms with Crippen molar-refractivity contribution in [2.75, 3.05) is 25.0 Å². The minimum atomic E-state index is -0.299. The largest absolute Gasteiger partial charge is 0.326 e. The van der Waals surface area contributed by atoms with Gasteiger partial charge in [-0.3, -0.25) is 9.69 Å². The predicted molar refractivity (Wildman–Crippen MR) is 77.8 cm³/mol. The Balaban J connectivity index is 1.89. The lowest BCUT2D eigenvalue weighted by molar-refractivity contribution is -0.121. The zero-order chi connectivity index (χ0) is 14.5. The summed E-state index contributed by atoms with van der Waals surface area (Å²) in [4.78, 5) is 14.3. The van der Waals surface area contributed by atoms with Crippen LogP contribution in [0.5, 0.6) is 0 Å². The molecular formula is C16H19FN2O. The lowest BCUT2D eigenvalue weighted by Gasteiger charge is -2.29. The second kappa shape index (κ2) is 6.53. The molecule has 0 saturated carbocycles. The number of hydrogen-bond acceptors (Lipinski definition) is 2. The van der Waals surface area contributed by atoms with E-state index in [1.807, 2.05) is 0 Å². The van der Waals surface area contributed by atoms with Gasteiger partial charge in [0.1, 0.15) is 5.82 Å². The van der Waals surface area contributed by atoms with Gasteiger partial charge in [-0.15, -0.1) is 6.42 Å². The van der Waals surface area contributed by atoms with E-state index in [2.05, 4.69) is 16.1 Å². The van der Waals surface area contributed by atoms with Crippen LogP contribution in [-0.2, 0) is 4.79 Å². The van der Waals surface area contributed by atoms with E-state index in [1.54, 1.807) is 19.1 Å². The summed E-state index contributed by atoms with van der Waals surface area (Å²) in [7, 11) is 0. The van der Waals surface area contributed by atoms with Crippen LogP contribution in [0.25, 0.3) is 0 Å². The van der Waals surface area contributed by atoms with Crippen molar-refractivity contribution in [1.29, 1.82) is 0 Å². The zero-order valence-corrected chi connectivity index (χ0v) is 11.7. The third-order valence-electron chi connectivity index (χ3n) is 3.71. The molecule has 0 atom stereocenters. The van der Waals surface area contributed by atoms with Gasteiger partial charge in [0.25, 0.3) is 0 Å². The van der Waals surface area contributed by atoms with Crippen LogP contribution >= 0.6 is 0 Å². The molecule has 0 aliphatic carbocycles. The van der Waals surface area contributed by atoms with Gasteiger partial charge >= 0.3 is 0 Å². The first-order chi connectivity index (χ1) is 9.60. The van der Waals surface area contributed by atoms with Crippen LogP contribution in [0.3, 0.4) is 0 Å². The Morgan fingerprint density at radius 3 is 2.80 bits per heavy atom. The van der Waals surface area contributed by atoms with Gasteiger partial charge in [-0.2, -0.15) is 0 Å². The van der Waals surface area contributed by atoms with Crippen molar-refractivity contribution >= 4 is 11.6 Å². The molecule has 1 N–H and O–H groups in total. The second-order valence-corrected chi connectivity index (χ2v) is 5.21. The minimum Gasteiger partial charge on any atom is -0.326 e. The first kappa shape index (κ1) is 14.5. The summed E-state index contributed by atoms with van der Waals surface area (Å²) >= 11 is 0. The van der Waals surface area contributed by atoms with Gasteiger partial charge in [0.15, 0.2) is 0 Å². The quantitative estimate of drug-likeness (QED) is 0.859. The molecule has 0 bridgehead atoms. The molecule has 1 amide bonds. The molecule has 1 aromatic carbocycles. The Bertz CT molecular complexity index is 528. The second-order valence-electron chi connectivity index (χ2n) is 5.21. The fraction of sp³-hybridized carbons (Fsp3) is 0.438. The van der Waals surface area contributed by atoms with Crippen LogP contribution in [0.2, 0.25) is 0 Å². The molecule has 2 rings (SSSR count). The number of piperidine rings is 1. The van der Waals surface area contributed by atoms with E-state index in [0.29, 0.717) is 17.8 Å². The molecule has 1 aromatic rings. The van der Waals surface area contributed by atoms with E-state index in [1.165, 1.54) is 6.07 Å². The maximum atomic E-state index is 13.4. The molecule has 20 heavy (non-hydrogen) atoms. The molecule has 0 unspecified atom stereocenters. The third kappa shape index (κ3) is 3.58. The van der Waals surface area contributed by atoms with E-state index in [-0.39, 0.29) is 17.6 Å². The van der Waals surface area contributed by atoms with Gasteiger partial charge < -0.3 is 5.32 Å². The fourth-order valence-corrected chi connectivity index (χ4v) is 2.40. The molecule has 0 aromatic heterocycles. The molecule has 4 heteroatoms. The van der Waals surface area contributed by atoms with Gasteiger partial charge in [-0.1, -0.05) is 12.0 Å². The van der Waals surface area contributed by atoms with Crippen molar-refractivity contribution in [1.82, 2.24) is 4.90 Å². The Morgan fingerprint density at radius 2 is 2.20 bits per heavy atom. The zero-order valence-electron chi connectivity index (χ0n) is 11.7. The van der Waals surface area contributed by atoms with Crippen LogP contribution in [0, 0.1) is 31.0 Å². The van der Waals surface area contributed by atoms with Crippen LogP contribution < -0.4 is 5.32 Å². The Morgan fingerprint density at radius 1 is 1.50 bits per heavy atom. The first-order valence-corrected chi connectivity index (χ1v) is 6.83. The average molecular weight is 274 g/mol. The lowest BCUT2D eigenvalue weighted by Crippen LogP contribution is -2.38. The number of likely N-dealkylation sites (tertiary alicyclic amines) is 1. The molecular weight excluding hydrogens is 255 g/mol. The normalized spacial score (nSPS) is 16.6. The van der Waals surface area contributed by atoms with Crippen molar-refractivity contribution in [3.63, 3.8) is 0 Å². The van der Waals surface area contributed by atoms with Crippen LogP contribution in [-0.4, -0.2) is 30.4 Å². The molecule has 106 valence electrons. The number of halogens is 1. The molecule has 0 radical (unpaired) electrons. The molecule has 1 heterocycles. The smallest absolute Gasteiger partial charge is 0.227 e. The number of anilines is 1. The summed E-state index contributed by atoms with van der Waals surface area (Å²) in [6.45, 7) is 4.01. The van der Waals surface area contributed by atoms with Gasteiger partial charge in [0.05, 0.1) is 6.54 Å². The van der Waals surface area contributed by atoms with Gasteiger partial charge in [0, 0.05) is 11.6 Å². The van der Waals surface area contributed by atoms with E-state index >= 15 is 0 Å². The van der Waals surface area contributed by atoms with Gasteiger partial charge in [-0.05, 0) is 50.6 Å². The number of hydrogen-bond donors (Lipinski definition) is 1. The van der Waals surface area contributed by atoms with Crippen molar-refractivity contribution in [2.45, 2.75) is 19.8 Å². The molecule has 1 aliphatic rings. The SMILES string of the molecule is C#CCN1CCC(C(=O)Nc2ccc(C)c(F)c2)CC1. The monoisotopic (exact) mass is 274 g/mol. The minimum absolute atomic E-state index is 0.0200. The highest BCUT2D eigenvalue weighted by Gasteiger charge is 2.24. The van der Waals surface area contributed by atoms with E-state index < -0.39 is 0 Å². The van der Waals surface area contributed by atoms with E-state index in [4.69, 9.17) is 6.42 Å². The number of aryl methyl sites for hydroxylation is 1. The standard InChI is InChI=1S/C16H19FN2O/c1-3-8-19-9-6-13(7-10-19)16(20)18-14-5-4-12(2)15(17)11-14/h1,4-5,11,13H,6-10H2,2H3,(H,18,20). The lowest BCUT2D eigenvalue weighted by atomic mass is 9.96. The molecule has 1 saturated heterocycles. The summed E-state index contributed by atoms with van der Waals surface area (Å²) in [6, 6.07) is 4.75. The highest BCUT2D eigenvalue weighted by molar-refractivity contribution is 5.92. The van der Waals surface area contributed by atoms with Crippen molar-refractivity contribution < 1.29 is 9.18 Å². The average Bonchev–Trinajstić information content (AvgIpc) is 2.44. The van der Waals surface area contributed by atoms with Crippen molar-refractivity contribution in [3.05, 3.63) is 29.6 Å². The van der Waals surface area contributed by atoms with E-state index in [0.717, 1.165) is 25.9 Å². The van der Waals surface area contributed by atoms with Crippen LogP contribution in [0.15, 0.2) is 18.2 Å². The number of terminal acetylenes is 1. The summed E-state index contributed by atoms with van der Waals surface area (Å²) in [5.41, 5.74) is 1.09. The number of carbonyl (C=O) groups is 1. The third-order valence-corrected chi connectivity index (χ3v) is 3.71. The Hall–Kier alpha value is -1.86. The van der Waals surface area contributed by atoms with Crippen LogP contribution in [0.4, 0.5) is 10.1 Å². The van der Waals surface area contributed by atoms with Crippen molar-refractivity contribution in [2.24, 2.45) is 5.92 Å². The summed E-state index contributed by atoms with van der Waals surface area (Å²) in [6.07, 6.45) is 6.86. The number of benzene rings is 1. The van der Waals surface area contributed by atoms with Gasteiger partial charge in [0.2, 0.25) is 5.91 Å². The maximum Gasteiger partial charge on any atom is 0.227 e. The number of carbonyl (C=O) groups excluding carboxylic acids is 1. The topological polar surface area (TPSA) is 32.3 Å². The van der Waals surface area contributed by atoms with E-state index in [9.17, 15) is 9.18 Å². The molecule has 3 nitrogen and oxygen atoms in total. The number of rotatable bonds is 3. The van der Waals surface area contributed by atoms with Crippen LogP contribution in [0.1, 0.15) is 18.4 Å². The Kier molecular flexibility index (Phi) is 4.75. The van der Waals surface area contributed by atoms with Crippen molar-refractivity contribution in [3.8, 4) is 12.3 Å². The molecule has 1 aliphatic heterocycles. The number of nitrogens with zero attached hydrogens (tertiary/aromatic N) is 1. The summed E-state index contributed by atoms with van der Waals surface area (Å²) < 4.78 is 13.4. The predicted octanol–water partition coefficient (Wildman–Crippen LogP) is 2.42. The highest BCUT2D eigenvalue weighted by atomic mass is 19.1. The van der Waals surface area contributed by atoms with Gasteiger partial charge in [-0.25, -0.2) is 4.39 Å².